The Labute approximate surface area is 184 Å². The number of carbonyl (C=O) groups is 2. The molecule has 1 aliphatic heterocycles. The first kappa shape index (κ1) is 23.9. The van der Waals surface area contributed by atoms with Gasteiger partial charge in [0.25, 0.3) is 0 Å². The van der Waals surface area contributed by atoms with Crippen LogP contribution >= 0.6 is 12.4 Å². The van der Waals surface area contributed by atoms with Gasteiger partial charge in [0, 0.05) is 43.4 Å². The number of carbonyl (C=O) groups excluding carboxylic acids is 2. The van der Waals surface area contributed by atoms with Gasteiger partial charge in [0.15, 0.2) is 0 Å². The maximum absolute atomic E-state index is 13.2. The molecule has 3 rings (SSSR count). The lowest BCUT2D eigenvalue weighted by atomic mass is 10.00. The van der Waals surface area contributed by atoms with Gasteiger partial charge in [-0.1, -0.05) is 18.2 Å². The van der Waals surface area contributed by atoms with Crippen molar-refractivity contribution in [3.8, 4) is 5.69 Å². The molecule has 3 N–H and O–H groups in total. The van der Waals surface area contributed by atoms with E-state index in [4.69, 9.17) is 5.73 Å². The summed E-state index contributed by atoms with van der Waals surface area (Å²) in [7, 11) is 0. The van der Waals surface area contributed by atoms with Gasteiger partial charge in [-0.25, -0.2) is 4.68 Å². The molecular formula is C22H32ClN5O2. The summed E-state index contributed by atoms with van der Waals surface area (Å²) in [6, 6.07) is 10.00. The van der Waals surface area contributed by atoms with E-state index in [1.54, 1.807) is 0 Å². The third-order valence-electron chi connectivity index (χ3n) is 5.62. The number of amides is 2. The summed E-state index contributed by atoms with van der Waals surface area (Å²) in [6.07, 6.45) is 3.64. The average Bonchev–Trinajstić information content (AvgIpc) is 3.01. The summed E-state index contributed by atoms with van der Waals surface area (Å²) in [5, 5.41) is 7.58. The molecule has 8 heteroatoms. The van der Waals surface area contributed by atoms with E-state index in [-0.39, 0.29) is 30.3 Å². The third-order valence-corrected chi connectivity index (χ3v) is 5.62. The molecule has 1 unspecified atom stereocenters. The maximum atomic E-state index is 13.2. The van der Waals surface area contributed by atoms with E-state index in [2.05, 4.69) is 10.4 Å². The number of aromatic nitrogens is 2. The van der Waals surface area contributed by atoms with Crippen molar-refractivity contribution in [3.63, 3.8) is 0 Å². The van der Waals surface area contributed by atoms with Crippen LogP contribution in [0.15, 0.2) is 30.3 Å². The van der Waals surface area contributed by atoms with Crippen LogP contribution in [0.4, 0.5) is 0 Å². The van der Waals surface area contributed by atoms with E-state index >= 15 is 0 Å². The van der Waals surface area contributed by atoms with E-state index in [1.165, 1.54) is 0 Å². The zero-order valence-electron chi connectivity index (χ0n) is 17.8. The van der Waals surface area contributed by atoms with Gasteiger partial charge < -0.3 is 16.0 Å². The number of benzene rings is 1. The molecular weight excluding hydrogens is 402 g/mol. The number of nitrogens with two attached hydrogens (primary N) is 1. The van der Waals surface area contributed by atoms with Gasteiger partial charge in [0.1, 0.15) is 0 Å². The van der Waals surface area contributed by atoms with E-state index in [0.29, 0.717) is 25.9 Å². The quantitative estimate of drug-likeness (QED) is 0.700. The second kappa shape index (κ2) is 11.1. The minimum atomic E-state index is -0.0544. The molecule has 30 heavy (non-hydrogen) atoms. The number of likely N-dealkylation sites (tertiary alicyclic amines) is 1. The first-order chi connectivity index (χ1) is 14.0. The smallest absolute Gasteiger partial charge is 0.227 e. The second-order valence-corrected chi connectivity index (χ2v) is 7.65. The Morgan fingerprint density at radius 1 is 1.20 bits per heavy atom. The predicted octanol–water partition coefficient (Wildman–Crippen LogP) is 2.30. The molecule has 0 saturated carbocycles. The van der Waals surface area contributed by atoms with Crippen LogP contribution in [0.3, 0.4) is 0 Å². The Morgan fingerprint density at radius 3 is 2.63 bits per heavy atom. The van der Waals surface area contributed by atoms with E-state index < -0.39 is 0 Å². The number of rotatable bonds is 7. The van der Waals surface area contributed by atoms with E-state index in [9.17, 15) is 9.59 Å². The Morgan fingerprint density at radius 2 is 1.93 bits per heavy atom. The number of nitrogens with zero attached hydrogens (tertiary/aromatic N) is 3. The summed E-state index contributed by atoms with van der Waals surface area (Å²) >= 11 is 0. The molecule has 1 aromatic heterocycles. The van der Waals surface area contributed by atoms with Crippen molar-refractivity contribution in [1.29, 1.82) is 0 Å². The van der Waals surface area contributed by atoms with Crippen molar-refractivity contribution in [3.05, 3.63) is 47.3 Å². The van der Waals surface area contributed by atoms with Crippen LogP contribution in [0.2, 0.25) is 0 Å². The van der Waals surface area contributed by atoms with Crippen LogP contribution < -0.4 is 11.1 Å². The van der Waals surface area contributed by atoms with Crippen LogP contribution in [0.5, 0.6) is 0 Å². The Kier molecular flexibility index (Phi) is 8.87. The molecule has 2 aromatic rings. The van der Waals surface area contributed by atoms with Crippen molar-refractivity contribution in [2.24, 2.45) is 5.73 Å². The first-order valence-electron chi connectivity index (χ1n) is 10.4. The largest absolute Gasteiger partial charge is 0.354 e. The lowest BCUT2D eigenvalue weighted by Crippen LogP contribution is -2.50. The minimum absolute atomic E-state index is 0. The number of hydrogen-bond acceptors (Lipinski definition) is 4. The second-order valence-electron chi connectivity index (χ2n) is 7.65. The van der Waals surface area contributed by atoms with Crippen molar-refractivity contribution in [2.45, 2.75) is 52.0 Å². The first-order valence-corrected chi connectivity index (χ1v) is 10.4. The van der Waals surface area contributed by atoms with Crippen LogP contribution in [0, 0.1) is 13.8 Å². The fourth-order valence-corrected chi connectivity index (χ4v) is 4.00. The Balaban J connectivity index is 0.00000320. The topological polar surface area (TPSA) is 93.2 Å². The monoisotopic (exact) mass is 433 g/mol. The molecule has 2 amide bonds. The molecule has 0 bridgehead atoms. The van der Waals surface area contributed by atoms with Crippen LogP contribution in [-0.2, 0) is 16.0 Å². The zero-order chi connectivity index (χ0) is 20.8. The number of piperidine rings is 1. The van der Waals surface area contributed by atoms with Crippen molar-refractivity contribution < 1.29 is 9.59 Å². The van der Waals surface area contributed by atoms with Crippen molar-refractivity contribution in [1.82, 2.24) is 20.0 Å². The molecule has 0 spiro atoms. The molecule has 1 atom stereocenters. The summed E-state index contributed by atoms with van der Waals surface area (Å²) in [4.78, 5) is 26.9. The molecule has 0 aliphatic carbocycles. The predicted molar refractivity (Wildman–Crippen MR) is 120 cm³/mol. The lowest BCUT2D eigenvalue weighted by Gasteiger charge is -2.36. The molecule has 1 saturated heterocycles. The molecule has 1 aromatic carbocycles. The number of nitrogens with one attached hydrogen (secondary N) is 1. The van der Waals surface area contributed by atoms with Gasteiger partial charge in [-0.3, -0.25) is 9.59 Å². The number of halogens is 1. The average molecular weight is 434 g/mol. The van der Waals surface area contributed by atoms with Gasteiger partial charge in [-0.15, -0.1) is 12.4 Å². The van der Waals surface area contributed by atoms with Gasteiger partial charge >= 0.3 is 0 Å². The van der Waals surface area contributed by atoms with Crippen LogP contribution in [-0.4, -0.2) is 52.2 Å². The standard InChI is InChI=1S/C22H31N5O2.ClH/c1-16-20(17(2)27(25-16)18-8-4-3-5-9-18)14-22(29)26-13-7-6-10-19(26)15-24-21(28)11-12-23;/h3-5,8-9,19H,6-7,10-15,23H2,1-2H3,(H,24,28);1H. The Hall–Kier alpha value is -2.38. The fraction of sp³-hybridized carbons (Fsp3) is 0.500. The zero-order valence-corrected chi connectivity index (χ0v) is 18.6. The SMILES string of the molecule is Cc1nn(-c2ccccc2)c(C)c1CC(=O)N1CCCCC1CNC(=O)CCN.Cl. The number of para-hydroxylation sites is 1. The highest BCUT2D eigenvalue weighted by atomic mass is 35.5. The Bertz CT molecular complexity index is 853. The number of hydrogen-bond donors (Lipinski definition) is 2. The summed E-state index contributed by atoms with van der Waals surface area (Å²) in [6.45, 7) is 5.53. The third kappa shape index (κ3) is 5.61. The van der Waals surface area contributed by atoms with Crippen LogP contribution in [0.1, 0.15) is 42.6 Å². The molecule has 164 valence electrons. The van der Waals surface area contributed by atoms with Gasteiger partial charge in [0.2, 0.25) is 11.8 Å². The summed E-state index contributed by atoms with van der Waals surface area (Å²) in [5.41, 5.74) is 9.28. The minimum Gasteiger partial charge on any atom is -0.354 e. The van der Waals surface area contributed by atoms with Gasteiger partial charge in [-0.2, -0.15) is 5.10 Å². The molecule has 1 fully saturated rings. The summed E-state index contributed by atoms with van der Waals surface area (Å²) in [5.74, 6) is 0.0443. The lowest BCUT2D eigenvalue weighted by molar-refractivity contribution is -0.134. The van der Waals surface area contributed by atoms with E-state index in [0.717, 1.165) is 48.4 Å². The molecule has 2 heterocycles. The molecule has 1 aliphatic rings. The number of aryl methyl sites for hydroxylation is 1. The summed E-state index contributed by atoms with van der Waals surface area (Å²) < 4.78 is 1.90. The van der Waals surface area contributed by atoms with Gasteiger partial charge in [-0.05, 0) is 45.2 Å². The molecule has 0 radical (unpaired) electrons. The highest BCUT2D eigenvalue weighted by Crippen LogP contribution is 2.22. The fourth-order valence-electron chi connectivity index (χ4n) is 4.00. The highest BCUT2D eigenvalue weighted by Gasteiger charge is 2.28. The van der Waals surface area contributed by atoms with Crippen molar-refractivity contribution in [2.75, 3.05) is 19.6 Å². The van der Waals surface area contributed by atoms with Crippen LogP contribution in [0.25, 0.3) is 5.69 Å². The highest BCUT2D eigenvalue weighted by molar-refractivity contribution is 5.85. The van der Waals surface area contributed by atoms with E-state index in [1.807, 2.05) is 53.8 Å². The normalized spacial score (nSPS) is 16.1. The molecule has 7 nitrogen and oxygen atoms in total. The van der Waals surface area contributed by atoms with Gasteiger partial charge in [0.05, 0.1) is 17.8 Å². The maximum Gasteiger partial charge on any atom is 0.227 e. The van der Waals surface area contributed by atoms with Crippen molar-refractivity contribution >= 4 is 24.2 Å².